The first-order valence-corrected chi connectivity index (χ1v) is 18.1. The van der Waals surface area contributed by atoms with Gasteiger partial charge in [0, 0.05) is 6.54 Å². The molecule has 0 aromatic heterocycles. The highest BCUT2D eigenvalue weighted by atomic mass is 16.5. The van der Waals surface area contributed by atoms with Gasteiger partial charge in [-0.05, 0) is 139 Å². The molecule has 0 radical (unpaired) electrons. The Labute approximate surface area is 282 Å². The number of amides is 1. The van der Waals surface area contributed by atoms with Gasteiger partial charge in [0.2, 0.25) is 5.91 Å². The molecule has 0 heterocycles. The molecule has 9 unspecified atom stereocenters. The molecule has 6 rings (SSSR count). The van der Waals surface area contributed by atoms with E-state index in [2.05, 4.69) is 71.6 Å². The van der Waals surface area contributed by atoms with E-state index in [4.69, 9.17) is 4.74 Å². The molecular weight excluding hydrogens is 586 g/mol. The summed E-state index contributed by atoms with van der Waals surface area (Å²) >= 11 is 0. The van der Waals surface area contributed by atoms with Gasteiger partial charge in [-0.3, -0.25) is 9.59 Å². The second-order valence-electron chi connectivity index (χ2n) is 17.4. The Balaban J connectivity index is 1.32. The smallest absolute Gasteiger partial charge is 0.337 e. The number of benzene rings is 1. The Kier molecular flexibility index (Phi) is 8.40. The third-order valence-electron chi connectivity index (χ3n) is 15.3. The first-order valence-electron chi connectivity index (χ1n) is 18.1. The van der Waals surface area contributed by atoms with Crippen LogP contribution in [0.15, 0.2) is 42.5 Å². The van der Waals surface area contributed by atoms with Crippen LogP contribution in [-0.4, -0.2) is 36.6 Å². The largest absolute Gasteiger partial charge is 0.481 e. The van der Waals surface area contributed by atoms with E-state index >= 15 is 0 Å². The van der Waals surface area contributed by atoms with Crippen molar-refractivity contribution in [2.45, 2.75) is 106 Å². The molecule has 0 bridgehead atoms. The first kappa shape index (κ1) is 34.0. The van der Waals surface area contributed by atoms with Crippen molar-refractivity contribution in [1.82, 2.24) is 5.32 Å². The Morgan fingerprint density at radius 1 is 0.915 bits per heavy atom. The molecule has 0 spiro atoms. The fourth-order valence-corrected chi connectivity index (χ4v) is 13.0. The van der Waals surface area contributed by atoms with E-state index in [-0.39, 0.29) is 52.4 Å². The Morgan fingerprint density at radius 2 is 1.62 bits per heavy atom. The van der Waals surface area contributed by atoms with Crippen molar-refractivity contribution >= 4 is 23.4 Å². The van der Waals surface area contributed by atoms with Crippen molar-refractivity contribution in [2.75, 3.05) is 13.7 Å². The molecule has 5 aliphatic rings. The lowest BCUT2D eigenvalue weighted by molar-refractivity contribution is -0.225. The van der Waals surface area contributed by atoms with Gasteiger partial charge >= 0.3 is 11.9 Å². The minimum absolute atomic E-state index is 0.00880. The lowest BCUT2D eigenvalue weighted by Crippen LogP contribution is -2.66. The first-order chi connectivity index (χ1) is 22.1. The van der Waals surface area contributed by atoms with E-state index < -0.39 is 11.4 Å². The maximum absolute atomic E-state index is 14.1. The Hall–Kier alpha value is -2.89. The number of nitrogens with one attached hydrogen (secondary N) is 1. The van der Waals surface area contributed by atoms with Crippen LogP contribution in [-0.2, 0) is 14.3 Å². The fourth-order valence-electron chi connectivity index (χ4n) is 13.0. The summed E-state index contributed by atoms with van der Waals surface area (Å²) < 4.78 is 4.94. The van der Waals surface area contributed by atoms with Crippen LogP contribution in [0.3, 0.4) is 0 Å². The molecule has 5 aliphatic carbocycles. The number of carboxylic acids is 1. The number of allylic oxidation sites excluding steroid dienone is 3. The number of aliphatic carboxylic acids is 1. The van der Waals surface area contributed by atoms with E-state index in [1.165, 1.54) is 43.1 Å². The zero-order valence-electron chi connectivity index (χ0n) is 29.8. The Bertz CT molecular complexity index is 1490. The summed E-state index contributed by atoms with van der Waals surface area (Å²) in [5.41, 5.74) is 4.40. The van der Waals surface area contributed by atoms with Crippen molar-refractivity contribution in [3.63, 3.8) is 0 Å². The normalized spacial score (nSPS) is 40.1. The van der Waals surface area contributed by atoms with Gasteiger partial charge in [0.05, 0.1) is 24.5 Å². The van der Waals surface area contributed by atoms with Gasteiger partial charge in [-0.2, -0.15) is 0 Å². The maximum atomic E-state index is 14.1. The predicted octanol–water partition coefficient (Wildman–Crippen LogP) is 8.72. The molecule has 1 amide bonds. The van der Waals surface area contributed by atoms with Crippen molar-refractivity contribution in [3.8, 4) is 0 Å². The van der Waals surface area contributed by atoms with Crippen LogP contribution < -0.4 is 5.32 Å². The summed E-state index contributed by atoms with van der Waals surface area (Å²) in [5.74, 6) is 1.09. The van der Waals surface area contributed by atoms with E-state index in [1.54, 1.807) is 0 Å². The van der Waals surface area contributed by atoms with Crippen LogP contribution in [0, 0.1) is 56.7 Å². The highest BCUT2D eigenvalue weighted by molar-refractivity contribution is 5.90. The van der Waals surface area contributed by atoms with Crippen molar-refractivity contribution in [1.29, 1.82) is 0 Å². The minimum atomic E-state index is -0.874. The lowest BCUT2D eigenvalue weighted by atomic mass is 9.32. The number of ether oxygens (including phenoxy) is 1. The third-order valence-corrected chi connectivity index (χ3v) is 15.3. The van der Waals surface area contributed by atoms with Gasteiger partial charge in [-0.15, -0.1) is 0 Å². The summed E-state index contributed by atoms with van der Waals surface area (Å²) in [6.45, 7) is 19.5. The molecule has 1 aromatic carbocycles. The van der Waals surface area contributed by atoms with E-state index in [0.717, 1.165) is 38.5 Å². The number of hydrogen-bond donors (Lipinski definition) is 2. The molecule has 2 N–H and O–H groups in total. The van der Waals surface area contributed by atoms with Gasteiger partial charge in [0.1, 0.15) is 0 Å². The molecule has 4 fully saturated rings. The standard InChI is InChI=1S/C41H57NO5/c1-25(2)28-15-21-41(36(46)42-24-18-33(43)44)23-22-39(6)30(34(28)41)13-14-32-38(5)19-16-29(26-9-11-27(12-10-26)35(45)47-8)37(3,4)31(38)17-20-40(32,39)7/h9-12,16,28,30-32,34H,1,13-15,17-24H2,2-8H3,(H,42,46)(H,43,44). The van der Waals surface area contributed by atoms with Crippen LogP contribution in [0.5, 0.6) is 0 Å². The molecule has 0 saturated heterocycles. The zero-order valence-corrected chi connectivity index (χ0v) is 29.8. The summed E-state index contributed by atoms with van der Waals surface area (Å²) in [6, 6.07) is 7.96. The van der Waals surface area contributed by atoms with E-state index in [0.29, 0.717) is 29.2 Å². The van der Waals surface area contributed by atoms with Gasteiger partial charge in [-0.25, -0.2) is 4.79 Å². The van der Waals surface area contributed by atoms with Crippen molar-refractivity contribution in [3.05, 3.63) is 53.6 Å². The minimum Gasteiger partial charge on any atom is -0.481 e. The van der Waals surface area contributed by atoms with Gasteiger partial charge in [0.25, 0.3) is 0 Å². The molecule has 47 heavy (non-hydrogen) atoms. The number of carbonyl (C=O) groups is 3. The number of hydrogen-bond acceptors (Lipinski definition) is 4. The number of carbonyl (C=O) groups excluding carboxylic acids is 2. The Morgan fingerprint density at radius 3 is 2.26 bits per heavy atom. The average molecular weight is 644 g/mol. The molecule has 4 saturated carbocycles. The molecule has 6 nitrogen and oxygen atoms in total. The summed E-state index contributed by atoms with van der Waals surface area (Å²) in [6.07, 6.45) is 12.1. The second kappa shape index (κ2) is 11.6. The molecule has 9 atom stereocenters. The predicted molar refractivity (Wildman–Crippen MR) is 185 cm³/mol. The SMILES string of the molecule is C=C(C)C1CCC2(C(=O)NCCC(=O)O)CCC3(C)C(CCC4C5(C)CC=C(c6ccc(C(=O)OC)cc6)C(C)(C)C5CCC43C)C12. The van der Waals surface area contributed by atoms with Crippen LogP contribution in [0.2, 0.25) is 0 Å². The zero-order chi connectivity index (χ0) is 34.2. The fraction of sp³-hybridized carbons (Fsp3) is 0.683. The molecular formula is C41H57NO5. The number of rotatable bonds is 7. The highest BCUT2D eigenvalue weighted by Gasteiger charge is 2.71. The van der Waals surface area contributed by atoms with Crippen LogP contribution in [0.1, 0.15) is 122 Å². The lowest BCUT2D eigenvalue weighted by Gasteiger charge is -2.72. The summed E-state index contributed by atoms with van der Waals surface area (Å²) in [4.78, 5) is 37.4. The van der Waals surface area contributed by atoms with Crippen LogP contribution in [0.25, 0.3) is 5.57 Å². The average Bonchev–Trinajstić information content (AvgIpc) is 3.42. The maximum Gasteiger partial charge on any atom is 0.337 e. The topological polar surface area (TPSA) is 92.7 Å². The summed E-state index contributed by atoms with van der Waals surface area (Å²) in [7, 11) is 1.42. The van der Waals surface area contributed by atoms with Crippen LogP contribution in [0.4, 0.5) is 0 Å². The van der Waals surface area contributed by atoms with E-state index in [1.807, 2.05) is 12.1 Å². The van der Waals surface area contributed by atoms with Gasteiger partial charge in [0.15, 0.2) is 0 Å². The molecule has 6 heteroatoms. The third kappa shape index (κ3) is 4.89. The highest BCUT2D eigenvalue weighted by Crippen LogP contribution is 2.77. The molecule has 256 valence electrons. The number of methoxy groups -OCH3 is 1. The van der Waals surface area contributed by atoms with Crippen molar-refractivity contribution < 1.29 is 24.2 Å². The van der Waals surface area contributed by atoms with Gasteiger partial charge in [-0.1, -0.05) is 65.0 Å². The van der Waals surface area contributed by atoms with Crippen molar-refractivity contribution in [2.24, 2.45) is 56.7 Å². The quantitative estimate of drug-likeness (QED) is 0.229. The number of carboxylic acid groups (broad SMARTS) is 1. The molecule has 1 aromatic rings. The number of esters is 1. The van der Waals surface area contributed by atoms with Crippen LogP contribution >= 0.6 is 0 Å². The molecule has 0 aliphatic heterocycles. The van der Waals surface area contributed by atoms with Gasteiger partial charge < -0.3 is 15.2 Å². The number of fused-ring (bicyclic) bond motifs is 7. The summed E-state index contributed by atoms with van der Waals surface area (Å²) in [5, 5.41) is 12.3. The van der Waals surface area contributed by atoms with E-state index in [9.17, 15) is 19.5 Å². The monoisotopic (exact) mass is 643 g/mol. The second-order valence-corrected chi connectivity index (χ2v) is 17.4.